The molecule has 24 heavy (non-hydrogen) atoms. The number of amides is 1. The van der Waals surface area contributed by atoms with Crippen molar-refractivity contribution in [1.82, 2.24) is 15.4 Å². The Labute approximate surface area is 137 Å². The van der Waals surface area contributed by atoms with Crippen LogP contribution in [0.15, 0.2) is 47.0 Å². The highest BCUT2D eigenvalue weighted by Crippen LogP contribution is 2.23. The summed E-state index contributed by atoms with van der Waals surface area (Å²) in [5.74, 6) is 1.85. The number of benzene rings is 1. The lowest BCUT2D eigenvalue weighted by atomic mass is 10.2. The summed E-state index contributed by atoms with van der Waals surface area (Å²) in [6.07, 6.45) is 0. The van der Waals surface area contributed by atoms with Crippen molar-refractivity contribution in [3.8, 4) is 5.75 Å². The van der Waals surface area contributed by atoms with Crippen LogP contribution in [-0.4, -0.2) is 28.4 Å². The maximum absolute atomic E-state index is 12.2. The summed E-state index contributed by atoms with van der Waals surface area (Å²) in [6.45, 7) is 1.79. The molecule has 0 bridgehead atoms. The quantitative estimate of drug-likeness (QED) is 0.743. The van der Waals surface area contributed by atoms with Crippen LogP contribution < -0.4 is 15.4 Å². The summed E-state index contributed by atoms with van der Waals surface area (Å²) < 4.78 is 10.1. The summed E-state index contributed by atoms with van der Waals surface area (Å²) in [6, 6.07) is 12.0. The number of nitrogens with zero attached hydrogens (tertiary/aromatic N) is 3. The largest absolute Gasteiger partial charge is 0.495 e. The van der Waals surface area contributed by atoms with Crippen LogP contribution in [0.5, 0.6) is 5.75 Å². The maximum atomic E-state index is 12.2. The molecule has 3 aromatic rings. The second-order valence-corrected chi connectivity index (χ2v) is 4.91. The first-order chi connectivity index (χ1) is 11.7. The first-order valence-electron chi connectivity index (χ1n) is 7.14. The molecule has 2 aromatic heterocycles. The number of rotatable bonds is 5. The van der Waals surface area contributed by atoms with E-state index in [0.717, 1.165) is 0 Å². The van der Waals surface area contributed by atoms with Gasteiger partial charge in [-0.3, -0.25) is 4.79 Å². The van der Waals surface area contributed by atoms with Crippen molar-refractivity contribution >= 4 is 23.2 Å². The second kappa shape index (κ2) is 6.78. The minimum atomic E-state index is -0.379. The molecule has 0 spiro atoms. The van der Waals surface area contributed by atoms with Gasteiger partial charge in [-0.1, -0.05) is 17.3 Å². The molecule has 1 aromatic carbocycles. The highest BCUT2D eigenvalue weighted by Gasteiger charge is 2.11. The Bertz CT molecular complexity index is 845. The number of aromatic nitrogens is 3. The van der Waals surface area contributed by atoms with E-state index in [1.165, 1.54) is 7.11 Å². The van der Waals surface area contributed by atoms with E-state index >= 15 is 0 Å². The fourth-order valence-corrected chi connectivity index (χ4v) is 2.01. The third-order valence-electron chi connectivity index (χ3n) is 3.14. The predicted molar refractivity (Wildman–Crippen MR) is 87.5 cm³/mol. The second-order valence-electron chi connectivity index (χ2n) is 4.91. The predicted octanol–water partition coefficient (Wildman–Crippen LogP) is 2.78. The number of aryl methyl sites for hydroxylation is 1. The molecule has 2 heterocycles. The highest BCUT2D eigenvalue weighted by atomic mass is 16.5. The van der Waals surface area contributed by atoms with Gasteiger partial charge in [0, 0.05) is 6.07 Å². The third kappa shape index (κ3) is 3.49. The Balaban J connectivity index is 1.69. The summed E-state index contributed by atoms with van der Waals surface area (Å²) in [7, 11) is 1.54. The molecule has 2 N–H and O–H groups in total. The molecule has 0 fully saturated rings. The van der Waals surface area contributed by atoms with Crippen molar-refractivity contribution in [3.63, 3.8) is 0 Å². The van der Waals surface area contributed by atoms with E-state index in [1.54, 1.807) is 43.3 Å². The van der Waals surface area contributed by atoms with Crippen molar-refractivity contribution in [1.29, 1.82) is 0 Å². The normalized spacial score (nSPS) is 10.2. The molecule has 0 aliphatic carbocycles. The fourth-order valence-electron chi connectivity index (χ4n) is 2.01. The van der Waals surface area contributed by atoms with E-state index in [1.807, 2.05) is 6.07 Å². The SMILES string of the molecule is COc1ccccc1NC(=O)c1ccc(Nc2cc(C)on2)nn1. The van der Waals surface area contributed by atoms with E-state index in [9.17, 15) is 4.79 Å². The minimum absolute atomic E-state index is 0.183. The molecule has 1 amide bonds. The molecule has 0 radical (unpaired) electrons. The van der Waals surface area contributed by atoms with Crippen LogP contribution in [-0.2, 0) is 0 Å². The lowest BCUT2D eigenvalue weighted by Crippen LogP contribution is -2.15. The lowest BCUT2D eigenvalue weighted by Gasteiger charge is -2.09. The van der Waals surface area contributed by atoms with Crippen LogP contribution >= 0.6 is 0 Å². The zero-order chi connectivity index (χ0) is 16.9. The van der Waals surface area contributed by atoms with Crippen LogP contribution in [0.1, 0.15) is 16.2 Å². The summed E-state index contributed by atoms with van der Waals surface area (Å²) >= 11 is 0. The Hall–Kier alpha value is -3.42. The van der Waals surface area contributed by atoms with Crippen molar-refractivity contribution in [2.45, 2.75) is 6.92 Å². The van der Waals surface area contributed by atoms with Crippen molar-refractivity contribution < 1.29 is 14.1 Å². The first kappa shape index (κ1) is 15.5. The van der Waals surface area contributed by atoms with Crippen molar-refractivity contribution in [2.24, 2.45) is 0 Å². The number of methoxy groups -OCH3 is 1. The molecule has 122 valence electrons. The number of ether oxygens (including phenoxy) is 1. The van der Waals surface area contributed by atoms with Crippen LogP contribution in [0.25, 0.3) is 0 Å². The Morgan fingerprint density at radius 3 is 2.62 bits per heavy atom. The number of carbonyl (C=O) groups is 1. The molecule has 3 rings (SSSR count). The lowest BCUT2D eigenvalue weighted by molar-refractivity contribution is 0.102. The van der Waals surface area contributed by atoms with Gasteiger partial charge in [0.15, 0.2) is 17.3 Å². The Morgan fingerprint density at radius 2 is 1.96 bits per heavy atom. The molecular formula is C16H15N5O3. The molecule has 0 atom stereocenters. The number of para-hydroxylation sites is 2. The molecule has 0 saturated heterocycles. The maximum Gasteiger partial charge on any atom is 0.276 e. The Kier molecular flexibility index (Phi) is 4.37. The summed E-state index contributed by atoms with van der Waals surface area (Å²) in [5.41, 5.74) is 0.745. The summed E-state index contributed by atoms with van der Waals surface area (Å²) in [5, 5.41) is 17.3. The molecule has 0 aliphatic heterocycles. The van der Waals surface area contributed by atoms with E-state index in [4.69, 9.17) is 9.26 Å². The van der Waals surface area contributed by atoms with Crippen LogP contribution in [0.4, 0.5) is 17.3 Å². The van der Waals surface area contributed by atoms with Gasteiger partial charge in [-0.05, 0) is 31.2 Å². The third-order valence-corrected chi connectivity index (χ3v) is 3.14. The van der Waals surface area contributed by atoms with Gasteiger partial charge in [-0.2, -0.15) is 0 Å². The first-order valence-corrected chi connectivity index (χ1v) is 7.14. The van der Waals surface area contributed by atoms with E-state index < -0.39 is 0 Å². The highest BCUT2D eigenvalue weighted by molar-refractivity contribution is 6.03. The average molecular weight is 325 g/mol. The van der Waals surface area contributed by atoms with Gasteiger partial charge in [0.25, 0.3) is 5.91 Å². The fraction of sp³-hybridized carbons (Fsp3) is 0.125. The van der Waals surface area contributed by atoms with Crippen LogP contribution in [0.3, 0.4) is 0 Å². The van der Waals surface area contributed by atoms with E-state index in [0.29, 0.717) is 28.8 Å². The van der Waals surface area contributed by atoms with Crippen molar-refractivity contribution in [2.75, 3.05) is 17.7 Å². The number of hydrogen-bond acceptors (Lipinski definition) is 7. The Morgan fingerprint density at radius 1 is 1.12 bits per heavy atom. The molecular weight excluding hydrogens is 310 g/mol. The van der Waals surface area contributed by atoms with Gasteiger partial charge in [-0.25, -0.2) is 0 Å². The van der Waals surface area contributed by atoms with Gasteiger partial charge in [0.05, 0.1) is 12.8 Å². The minimum Gasteiger partial charge on any atom is -0.495 e. The van der Waals surface area contributed by atoms with Crippen molar-refractivity contribution in [3.05, 3.63) is 53.9 Å². The zero-order valence-corrected chi connectivity index (χ0v) is 13.1. The van der Waals surface area contributed by atoms with Crippen LogP contribution in [0.2, 0.25) is 0 Å². The number of hydrogen-bond donors (Lipinski definition) is 2. The van der Waals surface area contributed by atoms with E-state index in [-0.39, 0.29) is 11.6 Å². The smallest absolute Gasteiger partial charge is 0.276 e. The standard InChI is InChI=1S/C16H15N5O3/c1-10-9-15(21-24-10)18-14-8-7-12(19-20-14)16(22)17-11-5-3-4-6-13(11)23-2/h3-9H,1-2H3,(H,17,22)(H,18,20,21). The molecule has 0 aliphatic rings. The van der Waals surface area contributed by atoms with Gasteiger partial charge < -0.3 is 19.9 Å². The van der Waals surface area contributed by atoms with Gasteiger partial charge in [-0.15, -0.1) is 10.2 Å². The number of nitrogens with one attached hydrogen (secondary N) is 2. The topological polar surface area (TPSA) is 102 Å². The van der Waals surface area contributed by atoms with Gasteiger partial charge >= 0.3 is 0 Å². The number of anilines is 3. The molecule has 8 heteroatoms. The number of carbonyl (C=O) groups excluding carboxylic acids is 1. The monoisotopic (exact) mass is 325 g/mol. The molecule has 8 nitrogen and oxygen atoms in total. The summed E-state index contributed by atoms with van der Waals surface area (Å²) in [4.78, 5) is 12.2. The van der Waals surface area contributed by atoms with Gasteiger partial charge in [0.2, 0.25) is 0 Å². The molecule has 0 unspecified atom stereocenters. The molecule has 0 saturated carbocycles. The van der Waals surface area contributed by atoms with Gasteiger partial charge in [0.1, 0.15) is 11.5 Å². The van der Waals surface area contributed by atoms with E-state index in [2.05, 4.69) is 26.0 Å². The van der Waals surface area contributed by atoms with Crippen LogP contribution in [0, 0.1) is 6.92 Å². The average Bonchev–Trinajstić information content (AvgIpc) is 3.01. The zero-order valence-electron chi connectivity index (χ0n) is 13.1.